The Morgan fingerprint density at radius 1 is 1.47 bits per heavy atom. The van der Waals surface area contributed by atoms with E-state index in [0.29, 0.717) is 6.04 Å². The van der Waals surface area contributed by atoms with Gasteiger partial charge in [0.15, 0.2) is 0 Å². The Morgan fingerprint density at radius 2 is 2.20 bits per heavy atom. The topological polar surface area (TPSA) is 50.9 Å². The molecule has 1 aliphatic heterocycles. The fourth-order valence-electron chi connectivity index (χ4n) is 1.67. The molecule has 0 atom stereocenters. The molecule has 0 amide bonds. The van der Waals surface area contributed by atoms with E-state index in [0.717, 1.165) is 17.1 Å². The maximum Gasteiger partial charge on any atom is 0.128 e. The van der Waals surface area contributed by atoms with Gasteiger partial charge in [-0.25, -0.2) is 4.98 Å². The predicted octanol–water partition coefficient (Wildman–Crippen LogP) is 2.28. The molecular formula is C11H17N3S. The molecule has 1 fully saturated rings. The fourth-order valence-corrected chi connectivity index (χ4v) is 2.78. The zero-order valence-electron chi connectivity index (χ0n) is 8.99. The first-order valence-electron chi connectivity index (χ1n) is 5.32. The van der Waals surface area contributed by atoms with Gasteiger partial charge in [0.1, 0.15) is 5.82 Å². The predicted molar refractivity (Wildman–Crippen MR) is 67.4 cm³/mol. The van der Waals surface area contributed by atoms with Gasteiger partial charge in [-0.1, -0.05) is 0 Å². The van der Waals surface area contributed by atoms with E-state index in [4.69, 9.17) is 5.73 Å². The molecule has 1 aromatic rings. The second-order valence-electron chi connectivity index (χ2n) is 3.96. The van der Waals surface area contributed by atoms with Gasteiger partial charge >= 0.3 is 0 Å². The number of hydrogen-bond acceptors (Lipinski definition) is 4. The van der Waals surface area contributed by atoms with E-state index in [9.17, 15) is 0 Å². The van der Waals surface area contributed by atoms with Gasteiger partial charge in [-0.2, -0.15) is 11.8 Å². The maximum absolute atomic E-state index is 5.84. The summed E-state index contributed by atoms with van der Waals surface area (Å²) in [5, 5.41) is 3.44. The van der Waals surface area contributed by atoms with Crippen molar-refractivity contribution < 1.29 is 0 Å². The molecule has 2 heterocycles. The summed E-state index contributed by atoms with van der Waals surface area (Å²) in [5.74, 6) is 3.41. The smallest absolute Gasteiger partial charge is 0.128 e. The van der Waals surface area contributed by atoms with Crippen molar-refractivity contribution in [3.8, 4) is 0 Å². The first kappa shape index (κ1) is 10.6. The van der Waals surface area contributed by atoms with Crippen LogP contribution in [0, 0.1) is 6.92 Å². The summed E-state index contributed by atoms with van der Waals surface area (Å²) in [6, 6.07) is 2.50. The summed E-state index contributed by atoms with van der Waals surface area (Å²) < 4.78 is 0. The van der Waals surface area contributed by atoms with Crippen LogP contribution in [-0.4, -0.2) is 22.5 Å². The number of anilines is 2. The van der Waals surface area contributed by atoms with E-state index < -0.39 is 0 Å². The zero-order valence-corrected chi connectivity index (χ0v) is 9.81. The lowest BCUT2D eigenvalue weighted by Gasteiger charge is -2.23. The molecule has 2 rings (SSSR count). The lowest BCUT2D eigenvalue weighted by atomic mass is 10.1. The summed E-state index contributed by atoms with van der Waals surface area (Å²) in [6.45, 7) is 1.98. The Morgan fingerprint density at radius 3 is 2.87 bits per heavy atom. The first-order chi connectivity index (χ1) is 7.25. The Balaban J connectivity index is 2.00. The lowest BCUT2D eigenvalue weighted by Crippen LogP contribution is -2.25. The average Bonchev–Trinajstić information content (AvgIpc) is 2.25. The van der Waals surface area contributed by atoms with Gasteiger partial charge in [0.25, 0.3) is 0 Å². The molecule has 1 aromatic heterocycles. The Hall–Kier alpha value is -0.900. The number of nitrogen functional groups attached to an aromatic ring is 1. The molecule has 3 N–H and O–H groups in total. The van der Waals surface area contributed by atoms with Gasteiger partial charge in [-0.15, -0.1) is 0 Å². The van der Waals surface area contributed by atoms with Crippen LogP contribution < -0.4 is 11.1 Å². The van der Waals surface area contributed by atoms with Crippen molar-refractivity contribution in [1.82, 2.24) is 4.98 Å². The SMILES string of the molecule is Cc1cnc(NC2CCSCC2)cc1N. The Kier molecular flexibility index (Phi) is 3.36. The van der Waals surface area contributed by atoms with Crippen molar-refractivity contribution in [2.75, 3.05) is 22.6 Å². The third-order valence-corrected chi connectivity index (χ3v) is 3.77. The highest BCUT2D eigenvalue weighted by Gasteiger charge is 2.13. The van der Waals surface area contributed by atoms with Crippen molar-refractivity contribution in [3.05, 3.63) is 17.8 Å². The standard InChI is InChI=1S/C11H17N3S/c1-8-7-13-11(6-10(8)12)14-9-2-4-15-5-3-9/h6-7,9H,2-5H2,1H3,(H3,12,13,14). The second-order valence-corrected chi connectivity index (χ2v) is 5.18. The van der Waals surface area contributed by atoms with Gasteiger partial charge in [-0.05, 0) is 36.8 Å². The maximum atomic E-state index is 5.84. The van der Waals surface area contributed by atoms with Crippen molar-refractivity contribution >= 4 is 23.3 Å². The Labute approximate surface area is 94.8 Å². The molecule has 3 nitrogen and oxygen atoms in total. The molecule has 0 radical (unpaired) electrons. The van der Waals surface area contributed by atoms with Crippen LogP contribution in [0.2, 0.25) is 0 Å². The fraction of sp³-hybridized carbons (Fsp3) is 0.545. The van der Waals surface area contributed by atoms with Crippen molar-refractivity contribution in [2.45, 2.75) is 25.8 Å². The second kappa shape index (κ2) is 4.75. The monoisotopic (exact) mass is 223 g/mol. The molecule has 82 valence electrons. The van der Waals surface area contributed by atoms with Gasteiger partial charge in [0.05, 0.1) is 0 Å². The summed E-state index contributed by atoms with van der Waals surface area (Å²) in [5.41, 5.74) is 7.70. The zero-order chi connectivity index (χ0) is 10.7. The normalized spacial score (nSPS) is 17.7. The van der Waals surface area contributed by atoms with Gasteiger partial charge in [0.2, 0.25) is 0 Å². The quantitative estimate of drug-likeness (QED) is 0.807. The number of rotatable bonds is 2. The molecule has 4 heteroatoms. The van der Waals surface area contributed by atoms with E-state index in [1.165, 1.54) is 24.3 Å². The lowest BCUT2D eigenvalue weighted by molar-refractivity contribution is 0.664. The highest BCUT2D eigenvalue weighted by molar-refractivity contribution is 7.99. The summed E-state index contributed by atoms with van der Waals surface area (Å²) >= 11 is 2.03. The Bertz CT molecular complexity index is 335. The number of thioether (sulfide) groups is 1. The minimum absolute atomic E-state index is 0.570. The molecule has 1 aliphatic rings. The summed E-state index contributed by atoms with van der Waals surface area (Å²) in [4.78, 5) is 4.34. The van der Waals surface area contributed by atoms with Crippen LogP contribution in [-0.2, 0) is 0 Å². The number of pyridine rings is 1. The van der Waals surface area contributed by atoms with Crippen LogP contribution in [0.1, 0.15) is 18.4 Å². The first-order valence-corrected chi connectivity index (χ1v) is 6.47. The van der Waals surface area contributed by atoms with Crippen molar-refractivity contribution in [1.29, 1.82) is 0 Å². The minimum Gasteiger partial charge on any atom is -0.398 e. The number of aryl methyl sites for hydroxylation is 1. The molecule has 1 saturated heterocycles. The number of nitrogens with one attached hydrogen (secondary N) is 1. The molecule has 0 saturated carbocycles. The largest absolute Gasteiger partial charge is 0.398 e. The van der Waals surface area contributed by atoms with Crippen LogP contribution in [0.4, 0.5) is 11.5 Å². The number of nitrogens with zero attached hydrogens (tertiary/aromatic N) is 1. The molecule has 0 aromatic carbocycles. The van der Waals surface area contributed by atoms with Gasteiger partial charge < -0.3 is 11.1 Å². The molecule has 0 unspecified atom stereocenters. The van der Waals surface area contributed by atoms with E-state index in [-0.39, 0.29) is 0 Å². The molecule has 0 aliphatic carbocycles. The van der Waals surface area contributed by atoms with Crippen LogP contribution >= 0.6 is 11.8 Å². The van der Waals surface area contributed by atoms with E-state index >= 15 is 0 Å². The molecule has 0 bridgehead atoms. The number of nitrogens with two attached hydrogens (primary N) is 1. The third-order valence-electron chi connectivity index (χ3n) is 2.72. The van der Waals surface area contributed by atoms with Crippen LogP contribution in [0.15, 0.2) is 12.3 Å². The van der Waals surface area contributed by atoms with Crippen LogP contribution in [0.3, 0.4) is 0 Å². The van der Waals surface area contributed by atoms with Gasteiger partial charge in [0, 0.05) is 24.0 Å². The third kappa shape index (κ3) is 2.78. The molecule has 0 spiro atoms. The highest BCUT2D eigenvalue weighted by Crippen LogP contribution is 2.21. The van der Waals surface area contributed by atoms with E-state index in [2.05, 4.69) is 10.3 Å². The number of aromatic nitrogens is 1. The van der Waals surface area contributed by atoms with Crippen LogP contribution in [0.25, 0.3) is 0 Å². The van der Waals surface area contributed by atoms with Crippen molar-refractivity contribution in [3.63, 3.8) is 0 Å². The summed E-state index contributed by atoms with van der Waals surface area (Å²) in [7, 11) is 0. The highest BCUT2D eigenvalue weighted by atomic mass is 32.2. The minimum atomic E-state index is 0.570. The van der Waals surface area contributed by atoms with E-state index in [1.54, 1.807) is 0 Å². The van der Waals surface area contributed by atoms with E-state index in [1.807, 2.05) is 30.9 Å². The molecular weight excluding hydrogens is 206 g/mol. The molecule has 15 heavy (non-hydrogen) atoms. The van der Waals surface area contributed by atoms with Crippen molar-refractivity contribution in [2.24, 2.45) is 0 Å². The summed E-state index contributed by atoms with van der Waals surface area (Å²) in [6.07, 6.45) is 4.27. The average molecular weight is 223 g/mol. The number of hydrogen-bond donors (Lipinski definition) is 2. The van der Waals surface area contributed by atoms with Crippen LogP contribution in [0.5, 0.6) is 0 Å². The van der Waals surface area contributed by atoms with Gasteiger partial charge in [-0.3, -0.25) is 0 Å².